The molecule has 2 aromatic heterocycles. The lowest BCUT2D eigenvalue weighted by Gasteiger charge is -2.21. The second kappa shape index (κ2) is 13.5. The monoisotopic (exact) mass is 553 g/mol. The summed E-state index contributed by atoms with van der Waals surface area (Å²) in [7, 11) is 5.68. The fourth-order valence-electron chi connectivity index (χ4n) is 4.33. The van der Waals surface area contributed by atoms with Gasteiger partial charge in [-0.2, -0.15) is 10.1 Å². The van der Waals surface area contributed by atoms with E-state index in [0.717, 1.165) is 39.7 Å². The van der Waals surface area contributed by atoms with Gasteiger partial charge in [0.1, 0.15) is 30.1 Å². The lowest BCUT2D eigenvalue weighted by molar-refractivity contribution is 0.0869. The van der Waals surface area contributed by atoms with Crippen molar-refractivity contribution >= 4 is 11.7 Å². The van der Waals surface area contributed by atoms with Crippen LogP contribution in [0, 0.1) is 0 Å². The molecule has 0 unspecified atom stereocenters. The second-order valence-electron chi connectivity index (χ2n) is 9.74. The molecule has 0 aliphatic carbocycles. The van der Waals surface area contributed by atoms with E-state index in [0.29, 0.717) is 38.9 Å². The summed E-state index contributed by atoms with van der Waals surface area (Å²) in [5.41, 5.74) is 5.02. The van der Waals surface area contributed by atoms with Crippen LogP contribution in [0.4, 0.5) is 11.7 Å². The van der Waals surface area contributed by atoms with Gasteiger partial charge >= 0.3 is 0 Å². The molecular weight excluding hydrogens is 518 g/mol. The molecule has 9 nitrogen and oxygen atoms in total. The molecule has 9 heteroatoms. The molecule has 3 aromatic carbocycles. The number of benzene rings is 3. The van der Waals surface area contributed by atoms with Gasteiger partial charge in [0.25, 0.3) is 6.01 Å². The van der Waals surface area contributed by atoms with Crippen LogP contribution in [0.2, 0.25) is 0 Å². The highest BCUT2D eigenvalue weighted by molar-refractivity contribution is 5.49. The van der Waals surface area contributed by atoms with Crippen molar-refractivity contribution in [2.24, 2.45) is 0 Å². The SMILES string of the molecule is COc1cccc(CN(Cc2ccc(-n3cccn3)cc2)c2nc(COCCOc3cccc(N(C)C)c3)co2)c1. The zero-order chi connectivity index (χ0) is 28.4. The molecule has 0 bridgehead atoms. The van der Waals surface area contributed by atoms with E-state index in [4.69, 9.17) is 23.6 Å². The Kier molecular flexibility index (Phi) is 9.18. The van der Waals surface area contributed by atoms with Crippen molar-refractivity contribution in [2.45, 2.75) is 19.7 Å². The highest BCUT2D eigenvalue weighted by Gasteiger charge is 2.16. The van der Waals surface area contributed by atoms with Crippen LogP contribution >= 0.6 is 0 Å². The Hall–Kier alpha value is -4.76. The van der Waals surface area contributed by atoms with Gasteiger partial charge < -0.3 is 28.4 Å². The summed E-state index contributed by atoms with van der Waals surface area (Å²) in [5.74, 6) is 1.62. The number of anilines is 2. The third kappa shape index (κ3) is 7.67. The fourth-order valence-corrected chi connectivity index (χ4v) is 4.33. The van der Waals surface area contributed by atoms with E-state index in [1.165, 1.54) is 0 Å². The van der Waals surface area contributed by atoms with Crippen LogP contribution in [0.15, 0.2) is 102 Å². The largest absolute Gasteiger partial charge is 0.497 e. The minimum atomic E-state index is 0.330. The molecule has 0 saturated heterocycles. The van der Waals surface area contributed by atoms with Crippen LogP contribution in [0.3, 0.4) is 0 Å². The Morgan fingerprint density at radius 3 is 2.44 bits per heavy atom. The van der Waals surface area contributed by atoms with Crippen LogP contribution in [0.1, 0.15) is 16.8 Å². The molecule has 5 aromatic rings. The van der Waals surface area contributed by atoms with E-state index >= 15 is 0 Å². The number of hydrogen-bond acceptors (Lipinski definition) is 8. The topological polar surface area (TPSA) is 78.0 Å². The standard InChI is InChI=1S/C32H35N5O4/c1-35(2)29-8-5-10-31(20-29)40-18-17-39-23-27-24-41-32(34-27)36(22-26-7-4-9-30(19-26)38-3)21-25-11-13-28(14-12-25)37-16-6-15-33-37/h4-16,19-20,24H,17-18,21-23H2,1-3H3. The van der Waals surface area contributed by atoms with Crippen molar-refractivity contribution in [3.8, 4) is 17.2 Å². The zero-order valence-electron chi connectivity index (χ0n) is 23.6. The molecule has 0 N–H and O–H groups in total. The lowest BCUT2D eigenvalue weighted by Crippen LogP contribution is -2.22. The Bertz CT molecular complexity index is 1500. The van der Waals surface area contributed by atoms with Gasteiger partial charge in [-0.1, -0.05) is 30.3 Å². The van der Waals surface area contributed by atoms with Gasteiger partial charge in [0.2, 0.25) is 0 Å². The molecule has 0 amide bonds. The predicted molar refractivity (Wildman–Crippen MR) is 159 cm³/mol. The van der Waals surface area contributed by atoms with Gasteiger partial charge in [0.05, 0.1) is 26.0 Å². The molecular formula is C32H35N5O4. The van der Waals surface area contributed by atoms with E-state index < -0.39 is 0 Å². The van der Waals surface area contributed by atoms with Gasteiger partial charge in [0.15, 0.2) is 0 Å². The van der Waals surface area contributed by atoms with E-state index in [-0.39, 0.29) is 0 Å². The summed E-state index contributed by atoms with van der Waals surface area (Å²) >= 11 is 0. The van der Waals surface area contributed by atoms with Crippen molar-refractivity contribution in [3.05, 3.63) is 114 Å². The van der Waals surface area contributed by atoms with Gasteiger partial charge in [0, 0.05) is 51.3 Å². The maximum Gasteiger partial charge on any atom is 0.298 e. The number of methoxy groups -OCH3 is 1. The molecule has 2 heterocycles. The number of rotatable bonds is 14. The number of hydrogen-bond donors (Lipinski definition) is 0. The first-order valence-corrected chi connectivity index (χ1v) is 13.5. The maximum absolute atomic E-state index is 5.93. The Balaban J connectivity index is 1.21. The molecule has 0 aliphatic rings. The minimum absolute atomic E-state index is 0.330. The van der Waals surface area contributed by atoms with Crippen molar-refractivity contribution in [1.29, 1.82) is 0 Å². The average molecular weight is 554 g/mol. The summed E-state index contributed by atoms with van der Waals surface area (Å²) in [6.07, 6.45) is 5.34. The van der Waals surface area contributed by atoms with Crippen molar-refractivity contribution in [2.75, 3.05) is 44.2 Å². The van der Waals surface area contributed by atoms with Crippen LogP contribution in [0.5, 0.6) is 11.5 Å². The van der Waals surface area contributed by atoms with E-state index in [2.05, 4.69) is 40.3 Å². The molecule has 0 spiro atoms. The molecule has 5 rings (SSSR count). The van der Waals surface area contributed by atoms with Crippen LogP contribution in [0.25, 0.3) is 5.69 Å². The summed E-state index contributed by atoms with van der Waals surface area (Å²) in [6.45, 7) is 2.41. The van der Waals surface area contributed by atoms with Crippen molar-refractivity contribution in [1.82, 2.24) is 14.8 Å². The first-order chi connectivity index (χ1) is 20.1. The molecule has 212 valence electrons. The fraction of sp³-hybridized carbons (Fsp3) is 0.250. The number of oxazole rings is 1. The first-order valence-electron chi connectivity index (χ1n) is 13.5. The Morgan fingerprint density at radius 2 is 1.66 bits per heavy atom. The minimum Gasteiger partial charge on any atom is -0.497 e. The number of aromatic nitrogens is 3. The van der Waals surface area contributed by atoms with E-state index in [1.807, 2.05) is 78.4 Å². The van der Waals surface area contributed by atoms with Crippen molar-refractivity contribution < 1.29 is 18.6 Å². The van der Waals surface area contributed by atoms with Gasteiger partial charge in [-0.05, 0) is 53.6 Å². The zero-order valence-corrected chi connectivity index (χ0v) is 23.6. The smallest absolute Gasteiger partial charge is 0.298 e. The second-order valence-corrected chi connectivity index (χ2v) is 9.74. The van der Waals surface area contributed by atoms with Gasteiger partial charge in [-0.3, -0.25) is 0 Å². The summed E-state index contributed by atoms with van der Waals surface area (Å²) < 4.78 is 24.9. The maximum atomic E-state index is 5.93. The first kappa shape index (κ1) is 27.8. The van der Waals surface area contributed by atoms with Crippen LogP contribution in [-0.2, 0) is 24.4 Å². The number of nitrogens with zero attached hydrogens (tertiary/aromatic N) is 5. The molecule has 0 aliphatic heterocycles. The van der Waals surface area contributed by atoms with Crippen molar-refractivity contribution in [3.63, 3.8) is 0 Å². The molecule has 0 saturated carbocycles. The lowest BCUT2D eigenvalue weighted by atomic mass is 10.1. The quantitative estimate of drug-likeness (QED) is 0.161. The third-order valence-corrected chi connectivity index (χ3v) is 6.48. The molecule has 0 radical (unpaired) electrons. The van der Waals surface area contributed by atoms with E-state index in [9.17, 15) is 0 Å². The van der Waals surface area contributed by atoms with Gasteiger partial charge in [-0.25, -0.2) is 4.68 Å². The van der Waals surface area contributed by atoms with Gasteiger partial charge in [-0.15, -0.1) is 0 Å². The molecule has 0 fully saturated rings. The highest BCUT2D eigenvalue weighted by atomic mass is 16.5. The normalized spacial score (nSPS) is 10.9. The van der Waals surface area contributed by atoms with Crippen LogP contribution < -0.4 is 19.3 Å². The number of ether oxygens (including phenoxy) is 3. The summed E-state index contributed by atoms with van der Waals surface area (Å²) in [5, 5.41) is 4.31. The summed E-state index contributed by atoms with van der Waals surface area (Å²) in [6, 6.07) is 26.7. The average Bonchev–Trinajstić information content (AvgIpc) is 3.71. The highest BCUT2D eigenvalue weighted by Crippen LogP contribution is 2.23. The predicted octanol–water partition coefficient (Wildman–Crippen LogP) is 5.74. The molecule has 41 heavy (non-hydrogen) atoms. The third-order valence-electron chi connectivity index (χ3n) is 6.48. The Morgan fingerprint density at radius 1 is 0.854 bits per heavy atom. The summed E-state index contributed by atoms with van der Waals surface area (Å²) in [4.78, 5) is 8.87. The van der Waals surface area contributed by atoms with E-state index in [1.54, 1.807) is 19.6 Å². The Labute approximate surface area is 240 Å². The molecule has 0 atom stereocenters. The van der Waals surface area contributed by atoms with Crippen LogP contribution in [-0.4, -0.2) is 49.2 Å².